The van der Waals surface area contributed by atoms with Crippen molar-refractivity contribution in [2.75, 3.05) is 32.2 Å². The summed E-state index contributed by atoms with van der Waals surface area (Å²) in [6, 6.07) is 2.01. The number of aromatic nitrogens is 8. The second-order valence-corrected chi connectivity index (χ2v) is 21.9. The van der Waals surface area contributed by atoms with Crippen LogP contribution in [-0.2, 0) is 59.8 Å². The third kappa shape index (κ3) is 13.1. The van der Waals surface area contributed by atoms with Crippen molar-refractivity contribution in [2.24, 2.45) is 0 Å². The number of nitrogens with one attached hydrogen (secondary N) is 3. The van der Waals surface area contributed by atoms with Crippen molar-refractivity contribution < 1.29 is 94.9 Å². The lowest BCUT2D eigenvalue weighted by Gasteiger charge is -2.26. The molecule has 8 rings (SSSR count). The summed E-state index contributed by atoms with van der Waals surface area (Å²) in [4.78, 5) is 129. The molecule has 39 heteroatoms. The minimum Gasteiger partial charge on any atom is -0.394 e. The van der Waals surface area contributed by atoms with Crippen molar-refractivity contribution in [1.29, 1.82) is 0 Å². The number of phosphoric ester groups is 3. The summed E-state index contributed by atoms with van der Waals surface area (Å²) in [6.45, 7) is -1.25. The number of phosphoric acid groups is 3. The van der Waals surface area contributed by atoms with E-state index in [0.717, 1.165) is 44.4 Å². The number of nitrogens with zero attached hydrogens (tertiary/aromatic N) is 5. The van der Waals surface area contributed by atoms with Crippen molar-refractivity contribution in [1.82, 2.24) is 38.2 Å². The lowest BCUT2D eigenvalue weighted by molar-refractivity contribution is -0.0671. The van der Waals surface area contributed by atoms with Gasteiger partial charge in [-0.2, -0.15) is 4.98 Å². The lowest BCUT2D eigenvalue weighted by Crippen LogP contribution is -2.38. The zero-order chi connectivity index (χ0) is 56.1. The molecule has 0 saturated carbocycles. The fourth-order valence-electron chi connectivity index (χ4n) is 8.51. The predicted molar refractivity (Wildman–Crippen MR) is 248 cm³/mol. The maximum atomic E-state index is 13.8. The molecule has 8 heterocycles. The molecule has 0 spiro atoms. The third-order valence-electron chi connectivity index (χ3n) is 12.4. The molecule has 77 heavy (non-hydrogen) atoms. The number of anilines is 1. The van der Waals surface area contributed by atoms with Gasteiger partial charge >= 0.3 is 46.2 Å². The number of aliphatic hydroxyl groups excluding tert-OH is 4. The van der Waals surface area contributed by atoms with E-state index in [4.69, 9.17) is 51.8 Å². The Kier molecular flexibility index (Phi) is 17.2. The van der Waals surface area contributed by atoms with E-state index in [1.54, 1.807) is 0 Å². The molecule has 4 aliphatic heterocycles. The van der Waals surface area contributed by atoms with Crippen LogP contribution in [0.4, 0.5) is 5.82 Å². The first kappa shape index (κ1) is 57.9. The zero-order valence-corrected chi connectivity index (χ0v) is 42.4. The number of rotatable bonds is 20. The van der Waals surface area contributed by atoms with Gasteiger partial charge in [0.1, 0.15) is 79.3 Å². The molecule has 0 bridgehead atoms. The Morgan fingerprint density at radius 3 is 1.61 bits per heavy atom. The minimum atomic E-state index is -5.61. The summed E-state index contributed by atoms with van der Waals surface area (Å²) in [7, 11) is -16.2. The van der Waals surface area contributed by atoms with Gasteiger partial charge in [-0.25, -0.2) is 32.9 Å². The van der Waals surface area contributed by atoms with Crippen LogP contribution in [0.1, 0.15) is 48.9 Å². The van der Waals surface area contributed by atoms with Gasteiger partial charge in [0.15, 0.2) is 12.5 Å². The maximum absolute atomic E-state index is 13.8. The van der Waals surface area contributed by atoms with Gasteiger partial charge < -0.3 is 59.8 Å². The molecule has 0 radical (unpaired) electrons. The molecule has 0 aromatic carbocycles. The Balaban J connectivity index is 0.957. The van der Waals surface area contributed by atoms with Crippen LogP contribution in [0.3, 0.4) is 0 Å². The molecule has 4 saturated heterocycles. The third-order valence-corrected chi connectivity index (χ3v) is 15.4. The van der Waals surface area contributed by atoms with Crippen LogP contribution in [0.15, 0.2) is 70.5 Å². The summed E-state index contributed by atoms with van der Waals surface area (Å²) < 4.78 is 97.8. The van der Waals surface area contributed by atoms with Crippen LogP contribution in [-0.4, -0.2) is 161 Å². The fourth-order valence-corrected chi connectivity index (χ4v) is 11.4. The average molecular weight is 1160 g/mol. The molecule has 36 nitrogen and oxygen atoms in total. The lowest BCUT2D eigenvalue weighted by atomic mass is 10.1. The Hall–Kier alpha value is -5.27. The first-order valence-electron chi connectivity index (χ1n) is 22.7. The number of nitrogens with two attached hydrogens (primary N) is 1. The second-order valence-electron chi connectivity index (χ2n) is 17.7. The topological polar surface area (TPSA) is 511 Å². The molecule has 424 valence electrons. The Morgan fingerprint density at radius 1 is 0.610 bits per heavy atom. The van der Waals surface area contributed by atoms with Gasteiger partial charge in [0.05, 0.1) is 26.4 Å². The van der Waals surface area contributed by atoms with Gasteiger partial charge in [-0.05, 0) is 19.9 Å². The second kappa shape index (κ2) is 22.8. The first-order valence-corrected chi connectivity index (χ1v) is 27.2. The monoisotopic (exact) mass is 1160 g/mol. The van der Waals surface area contributed by atoms with Crippen LogP contribution in [0.25, 0.3) is 0 Å². The van der Waals surface area contributed by atoms with Gasteiger partial charge in [-0.1, -0.05) is 0 Å². The van der Waals surface area contributed by atoms with E-state index in [9.17, 15) is 82.4 Å². The van der Waals surface area contributed by atoms with Crippen molar-refractivity contribution in [2.45, 2.75) is 113 Å². The van der Waals surface area contributed by atoms with Gasteiger partial charge in [0.25, 0.3) is 16.7 Å². The van der Waals surface area contributed by atoms with E-state index < -0.39 is 182 Å². The van der Waals surface area contributed by atoms with Crippen LogP contribution >= 0.6 is 23.5 Å². The van der Waals surface area contributed by atoms with E-state index in [0.29, 0.717) is 4.57 Å². The summed E-state index contributed by atoms with van der Waals surface area (Å²) in [5, 5.41) is 42.6. The maximum Gasteiger partial charge on any atom is 0.472 e. The van der Waals surface area contributed by atoms with E-state index in [2.05, 4.69) is 9.97 Å². The van der Waals surface area contributed by atoms with Gasteiger partial charge in [-0.15, -0.1) is 0 Å². The zero-order valence-electron chi connectivity index (χ0n) is 39.7. The number of aromatic amines is 3. The number of hydrogen-bond donors (Lipinski definition) is 11. The Morgan fingerprint density at radius 2 is 1.08 bits per heavy atom. The minimum absolute atomic E-state index is 0.0000705. The smallest absolute Gasteiger partial charge is 0.394 e. The molecule has 4 aliphatic rings. The van der Waals surface area contributed by atoms with E-state index >= 15 is 0 Å². The first-order chi connectivity index (χ1) is 36.1. The molecule has 17 atom stereocenters. The summed E-state index contributed by atoms with van der Waals surface area (Å²) in [5.41, 5.74) is -0.618. The summed E-state index contributed by atoms with van der Waals surface area (Å²) in [5.74, 6) is -0.294. The normalized spacial score (nSPS) is 31.8. The average Bonchev–Trinajstić information content (AvgIpc) is 4.11. The van der Waals surface area contributed by atoms with Crippen LogP contribution in [0, 0.1) is 13.8 Å². The molecule has 4 aromatic rings. The standard InChI is InChI=1S/C38H50N9O27P3/c1-15-9-46(37(57)42-31(15)53)25-7-17(19(11-48)68-25)72-75(59,60)67-14-22-28(51)30(34(71-22)45-5-3-23(39)40-35(45)55)74-77(63,64)65-12-20-18(8-26(69-20)47-10-16(2)32(54)43-38(47)58)73-76(61,62)66-13-21-27(50)29(52)33(70-21)44-6-4-24(49)41-36(44)56/h3-6,9-10,17-22,25-30,33-34,48,50-52H,7-8,11-14H2,1-2H3,(H,59,60)(H,61,62)(H,63,64)(H2,39,40,55)(H,41,49,56)(H,42,53,57)(H,43,54,58)/t17-,18-,19+,20+,21+,22+,25+,26+,27+,28+,29+,30+,33+,34+/m0/s1. The Labute approximate surface area is 427 Å². The van der Waals surface area contributed by atoms with E-state index in [-0.39, 0.29) is 23.4 Å². The Bertz CT molecular complexity index is 3420. The highest BCUT2D eigenvalue weighted by molar-refractivity contribution is 7.48. The number of aliphatic hydroxyl groups is 4. The van der Waals surface area contributed by atoms with Crippen LogP contribution in [0.2, 0.25) is 0 Å². The van der Waals surface area contributed by atoms with Gasteiger partial charge in [-0.3, -0.25) is 74.7 Å². The summed E-state index contributed by atoms with van der Waals surface area (Å²) >= 11 is 0. The fraction of sp³-hybridized carbons (Fsp3) is 0.579. The van der Waals surface area contributed by atoms with Crippen molar-refractivity contribution in [3.8, 4) is 0 Å². The van der Waals surface area contributed by atoms with Gasteiger partial charge in [0, 0.05) is 54.8 Å². The highest BCUT2D eigenvalue weighted by Crippen LogP contribution is 2.53. The van der Waals surface area contributed by atoms with Crippen molar-refractivity contribution >= 4 is 29.3 Å². The number of aryl methyl sites for hydroxylation is 2. The number of H-pyrrole nitrogens is 3. The van der Waals surface area contributed by atoms with Crippen LogP contribution < -0.4 is 45.2 Å². The largest absolute Gasteiger partial charge is 0.472 e. The molecular formula is C38H50N9O27P3. The molecule has 0 amide bonds. The predicted octanol–water partition coefficient (Wildman–Crippen LogP) is -4.96. The number of nitrogen functional groups attached to an aromatic ring is 1. The van der Waals surface area contributed by atoms with E-state index in [1.165, 1.54) is 20.0 Å². The highest BCUT2D eigenvalue weighted by Gasteiger charge is 2.52. The number of hydrogen-bond acceptors (Lipinski definition) is 26. The van der Waals surface area contributed by atoms with Gasteiger partial charge in [0.2, 0.25) is 0 Å². The molecule has 0 aliphatic carbocycles. The van der Waals surface area contributed by atoms with Crippen molar-refractivity contribution in [3.63, 3.8) is 0 Å². The highest BCUT2D eigenvalue weighted by atomic mass is 31.2. The number of ether oxygens (including phenoxy) is 4. The summed E-state index contributed by atoms with van der Waals surface area (Å²) in [6.07, 6.45) is -20.4. The molecule has 3 unspecified atom stereocenters. The molecule has 12 N–H and O–H groups in total. The quantitative estimate of drug-likeness (QED) is 0.0369. The van der Waals surface area contributed by atoms with Crippen LogP contribution in [0.5, 0.6) is 0 Å². The van der Waals surface area contributed by atoms with Crippen molar-refractivity contribution in [3.05, 3.63) is 121 Å². The van der Waals surface area contributed by atoms with E-state index in [1.807, 2.05) is 9.97 Å². The molecular weight excluding hydrogens is 1110 g/mol. The SMILES string of the molecule is Cc1cn([C@H]2C[C@H](OP(=O)(O)OC[C@H]3O[C@@H](n4ccc(N)nc4=O)[C@H](OP(=O)(O)OC[C@H]4O[C@@H](n5cc(C)c(=O)[nH]c5=O)C[C@@H]4OP(=O)(O)OC[C@H]4O[C@@H](n5ccc(=O)[nH]c5=O)[C@H](O)[C@@H]4O)[C@@H]3O)[C@@H](CO)O2)c(=O)[nH]c1=O. The molecule has 4 aromatic heterocycles. The molecule has 4 fully saturated rings.